The van der Waals surface area contributed by atoms with Gasteiger partial charge in [-0.25, -0.2) is 13.1 Å². The van der Waals surface area contributed by atoms with Crippen molar-refractivity contribution < 1.29 is 13.2 Å². The number of sulfonamides is 1. The van der Waals surface area contributed by atoms with E-state index in [-0.39, 0.29) is 23.8 Å². The molecule has 1 amide bonds. The van der Waals surface area contributed by atoms with Gasteiger partial charge in [0.25, 0.3) is 0 Å². The first kappa shape index (κ1) is 18.9. The number of rotatable bonds is 6. The van der Waals surface area contributed by atoms with Crippen molar-refractivity contribution in [2.75, 3.05) is 11.9 Å². The Kier molecular flexibility index (Phi) is 6.36. The van der Waals surface area contributed by atoms with Crippen LogP contribution in [0.2, 0.25) is 0 Å². The smallest absolute Gasteiger partial charge is 0.240 e. The quantitative estimate of drug-likeness (QED) is 0.653. The van der Waals surface area contributed by atoms with E-state index >= 15 is 0 Å². The highest BCUT2D eigenvalue weighted by atomic mass is 127. The number of benzene rings is 2. The number of amides is 1. The van der Waals surface area contributed by atoms with Crippen LogP contribution in [0.4, 0.5) is 5.69 Å². The normalized spacial score (nSPS) is 11.3. The fraction of sp³-hybridized carbons (Fsp3) is 0.235. The third-order valence-electron chi connectivity index (χ3n) is 3.41. The zero-order valence-corrected chi connectivity index (χ0v) is 16.4. The number of carbonyl (C=O) groups excluding carboxylic acids is 1. The average molecular weight is 458 g/mol. The molecule has 0 aromatic heterocycles. The molecular formula is C17H19IN2O3S. The summed E-state index contributed by atoms with van der Waals surface area (Å²) in [5.41, 5.74) is 2.24. The van der Waals surface area contributed by atoms with E-state index in [1.807, 2.05) is 25.1 Å². The van der Waals surface area contributed by atoms with Crippen LogP contribution in [0.25, 0.3) is 0 Å². The van der Waals surface area contributed by atoms with Crippen LogP contribution in [0.15, 0.2) is 47.4 Å². The Hall–Kier alpha value is -1.45. The average Bonchev–Trinajstić information content (AvgIpc) is 2.51. The minimum atomic E-state index is -3.62. The number of hydrogen-bond acceptors (Lipinski definition) is 3. The molecule has 2 N–H and O–H groups in total. The molecular weight excluding hydrogens is 439 g/mol. The van der Waals surface area contributed by atoms with Crippen LogP contribution in [-0.2, 0) is 14.8 Å². The van der Waals surface area contributed by atoms with Crippen molar-refractivity contribution in [1.29, 1.82) is 0 Å². The lowest BCUT2D eigenvalue weighted by molar-refractivity contribution is -0.116. The van der Waals surface area contributed by atoms with Crippen molar-refractivity contribution in [1.82, 2.24) is 4.72 Å². The zero-order valence-electron chi connectivity index (χ0n) is 13.5. The molecule has 0 aliphatic heterocycles. The predicted octanol–water partition coefficient (Wildman–Crippen LogP) is 3.22. The Morgan fingerprint density at radius 2 is 1.75 bits per heavy atom. The minimum absolute atomic E-state index is 0.0475. The van der Waals surface area contributed by atoms with Gasteiger partial charge in [0.15, 0.2) is 0 Å². The summed E-state index contributed by atoms with van der Waals surface area (Å²) in [6.45, 7) is 3.64. The van der Waals surface area contributed by atoms with E-state index in [0.29, 0.717) is 11.3 Å². The van der Waals surface area contributed by atoms with Gasteiger partial charge in [0.05, 0.1) is 4.90 Å². The summed E-state index contributed by atoms with van der Waals surface area (Å²) in [7, 11) is -3.62. The van der Waals surface area contributed by atoms with Crippen molar-refractivity contribution in [3.8, 4) is 0 Å². The Labute approximate surface area is 156 Å². The molecule has 0 aliphatic rings. The summed E-state index contributed by atoms with van der Waals surface area (Å²) in [5.74, 6) is -0.236. The van der Waals surface area contributed by atoms with Gasteiger partial charge in [0, 0.05) is 22.2 Å². The maximum atomic E-state index is 12.3. The Morgan fingerprint density at radius 1 is 1.08 bits per heavy atom. The third-order valence-corrected chi connectivity index (χ3v) is 5.73. The lowest BCUT2D eigenvalue weighted by Gasteiger charge is -2.10. The summed E-state index contributed by atoms with van der Waals surface area (Å²) in [6.07, 6.45) is 0.0656. The second-order valence-corrected chi connectivity index (χ2v) is 8.45. The standard InChI is InChI=1S/C17H19IN2O3S/c1-12-3-4-13(2)16(11-12)24(22,23)19-10-9-17(21)20-15-7-5-14(18)6-8-15/h3-8,11,19H,9-10H2,1-2H3,(H,20,21). The van der Waals surface area contributed by atoms with Crippen molar-refractivity contribution in [2.24, 2.45) is 0 Å². The highest BCUT2D eigenvalue weighted by molar-refractivity contribution is 14.1. The number of halogens is 1. The highest BCUT2D eigenvalue weighted by Crippen LogP contribution is 2.16. The van der Waals surface area contributed by atoms with Crippen LogP contribution in [-0.4, -0.2) is 20.9 Å². The van der Waals surface area contributed by atoms with Crippen LogP contribution in [0, 0.1) is 17.4 Å². The second kappa shape index (κ2) is 8.09. The van der Waals surface area contributed by atoms with Gasteiger partial charge in [0.2, 0.25) is 15.9 Å². The van der Waals surface area contributed by atoms with Crippen molar-refractivity contribution >= 4 is 44.2 Å². The van der Waals surface area contributed by atoms with E-state index in [1.54, 1.807) is 31.2 Å². The number of aryl methyl sites for hydroxylation is 2. The van der Waals surface area contributed by atoms with Crippen LogP contribution < -0.4 is 10.0 Å². The van der Waals surface area contributed by atoms with Crippen molar-refractivity contribution in [3.63, 3.8) is 0 Å². The van der Waals surface area contributed by atoms with Gasteiger partial charge in [-0.2, -0.15) is 0 Å². The maximum absolute atomic E-state index is 12.3. The fourth-order valence-corrected chi connectivity index (χ4v) is 3.85. The molecule has 0 unspecified atom stereocenters. The molecule has 0 heterocycles. The summed E-state index contributed by atoms with van der Waals surface area (Å²) in [4.78, 5) is 12.1. The molecule has 2 rings (SSSR count). The van der Waals surface area contributed by atoms with E-state index in [0.717, 1.165) is 9.13 Å². The molecule has 0 bridgehead atoms. The predicted molar refractivity (Wildman–Crippen MR) is 104 cm³/mol. The first-order chi connectivity index (χ1) is 11.3. The highest BCUT2D eigenvalue weighted by Gasteiger charge is 2.17. The Morgan fingerprint density at radius 3 is 2.42 bits per heavy atom. The molecule has 0 saturated carbocycles. The lowest BCUT2D eigenvalue weighted by Crippen LogP contribution is -2.28. The summed E-state index contributed by atoms with van der Waals surface area (Å²) >= 11 is 2.18. The van der Waals surface area contributed by atoms with Gasteiger partial charge in [-0.05, 0) is 77.9 Å². The first-order valence-corrected chi connectivity index (χ1v) is 9.96. The van der Waals surface area contributed by atoms with Crippen LogP contribution >= 0.6 is 22.6 Å². The lowest BCUT2D eigenvalue weighted by atomic mass is 10.2. The molecule has 2 aromatic rings. The summed E-state index contributed by atoms with van der Waals surface area (Å²) in [6, 6.07) is 12.7. The molecule has 5 nitrogen and oxygen atoms in total. The second-order valence-electron chi connectivity index (χ2n) is 5.47. The van der Waals surface area contributed by atoms with Crippen LogP contribution in [0.3, 0.4) is 0 Å². The van der Waals surface area contributed by atoms with E-state index in [9.17, 15) is 13.2 Å². The number of carbonyl (C=O) groups is 1. The molecule has 0 saturated heterocycles. The molecule has 7 heteroatoms. The molecule has 0 radical (unpaired) electrons. The van der Waals surface area contributed by atoms with Crippen molar-refractivity contribution in [3.05, 3.63) is 57.2 Å². The fourth-order valence-electron chi connectivity index (χ4n) is 2.13. The molecule has 0 fully saturated rings. The van der Waals surface area contributed by atoms with Gasteiger partial charge in [-0.15, -0.1) is 0 Å². The molecule has 2 aromatic carbocycles. The van der Waals surface area contributed by atoms with Crippen LogP contribution in [0.5, 0.6) is 0 Å². The van der Waals surface area contributed by atoms with E-state index in [1.165, 1.54) is 0 Å². The topological polar surface area (TPSA) is 75.3 Å². The first-order valence-electron chi connectivity index (χ1n) is 7.40. The monoisotopic (exact) mass is 458 g/mol. The third kappa shape index (κ3) is 5.29. The zero-order chi connectivity index (χ0) is 17.7. The largest absolute Gasteiger partial charge is 0.326 e. The molecule has 0 atom stereocenters. The van der Waals surface area contributed by atoms with E-state index < -0.39 is 10.0 Å². The maximum Gasteiger partial charge on any atom is 0.240 e. The SMILES string of the molecule is Cc1ccc(C)c(S(=O)(=O)NCCC(=O)Nc2ccc(I)cc2)c1. The molecule has 0 spiro atoms. The molecule has 24 heavy (non-hydrogen) atoms. The van der Waals surface area contributed by atoms with Gasteiger partial charge in [-0.3, -0.25) is 4.79 Å². The minimum Gasteiger partial charge on any atom is -0.326 e. The van der Waals surface area contributed by atoms with E-state index in [4.69, 9.17) is 0 Å². The molecule has 0 aliphatic carbocycles. The van der Waals surface area contributed by atoms with Crippen LogP contribution in [0.1, 0.15) is 17.5 Å². The number of nitrogens with one attached hydrogen (secondary N) is 2. The van der Waals surface area contributed by atoms with Gasteiger partial charge >= 0.3 is 0 Å². The van der Waals surface area contributed by atoms with E-state index in [2.05, 4.69) is 32.6 Å². The summed E-state index contributed by atoms with van der Waals surface area (Å²) < 4.78 is 28.2. The van der Waals surface area contributed by atoms with Gasteiger partial charge < -0.3 is 5.32 Å². The van der Waals surface area contributed by atoms with Gasteiger partial charge in [-0.1, -0.05) is 12.1 Å². The number of hydrogen-bond donors (Lipinski definition) is 2. The summed E-state index contributed by atoms with van der Waals surface area (Å²) in [5, 5.41) is 2.74. The van der Waals surface area contributed by atoms with Gasteiger partial charge in [0.1, 0.15) is 0 Å². The Balaban J connectivity index is 1.91. The Bertz CT molecular complexity index is 833. The number of anilines is 1. The van der Waals surface area contributed by atoms with Crippen molar-refractivity contribution in [2.45, 2.75) is 25.2 Å². The molecule has 128 valence electrons.